The lowest BCUT2D eigenvalue weighted by Crippen LogP contribution is -2.29. The van der Waals surface area contributed by atoms with Crippen LogP contribution in [0.25, 0.3) is 11.1 Å². The standard InChI is InChI=1S/C27H34F2O3/c1-2-3-4-5-6-7-18-31-23-14-10-21(11-15-23)27(30)32-24-16-17-25(26(29)19-24)20-8-12-22(28)13-9-20/h8-9,12-13,16-17,19,21,23H,2-7,10-11,14-15,18H2,1H3/t21-,23-. The molecule has 32 heavy (non-hydrogen) atoms. The van der Waals surface area contributed by atoms with E-state index < -0.39 is 5.82 Å². The Hall–Kier alpha value is -2.27. The molecule has 174 valence electrons. The summed E-state index contributed by atoms with van der Waals surface area (Å²) in [5.41, 5.74) is 0.911. The number of carbonyl (C=O) groups excluding carboxylic acids is 1. The Morgan fingerprint density at radius 3 is 2.28 bits per heavy atom. The number of esters is 1. The summed E-state index contributed by atoms with van der Waals surface area (Å²) in [5, 5.41) is 0. The summed E-state index contributed by atoms with van der Waals surface area (Å²) in [6.07, 6.45) is 10.9. The maximum Gasteiger partial charge on any atom is 0.314 e. The van der Waals surface area contributed by atoms with E-state index in [1.807, 2.05) is 0 Å². The summed E-state index contributed by atoms with van der Waals surface area (Å²) < 4.78 is 39.0. The molecular weight excluding hydrogens is 410 g/mol. The summed E-state index contributed by atoms with van der Waals surface area (Å²) in [6, 6.07) is 9.96. The van der Waals surface area contributed by atoms with Crippen molar-refractivity contribution in [3.8, 4) is 16.9 Å². The Labute approximate surface area is 190 Å². The van der Waals surface area contributed by atoms with E-state index in [1.54, 1.807) is 12.1 Å². The fourth-order valence-electron chi connectivity index (χ4n) is 4.22. The predicted octanol–water partition coefficient (Wildman–Crippen LogP) is 7.47. The summed E-state index contributed by atoms with van der Waals surface area (Å²) in [4.78, 5) is 12.5. The highest BCUT2D eigenvalue weighted by Crippen LogP contribution is 2.30. The minimum atomic E-state index is -0.506. The van der Waals surface area contributed by atoms with Crippen molar-refractivity contribution in [3.63, 3.8) is 0 Å². The molecular formula is C27H34F2O3. The molecule has 0 saturated heterocycles. The molecule has 0 aliphatic heterocycles. The van der Waals surface area contributed by atoms with Gasteiger partial charge in [0.2, 0.25) is 0 Å². The molecule has 0 radical (unpaired) electrons. The third kappa shape index (κ3) is 7.40. The van der Waals surface area contributed by atoms with Crippen LogP contribution < -0.4 is 4.74 Å². The molecule has 1 aliphatic rings. The van der Waals surface area contributed by atoms with Gasteiger partial charge in [0.25, 0.3) is 0 Å². The average molecular weight is 445 g/mol. The summed E-state index contributed by atoms with van der Waals surface area (Å²) in [7, 11) is 0. The molecule has 0 aromatic heterocycles. The second-order valence-electron chi connectivity index (χ2n) is 8.68. The van der Waals surface area contributed by atoms with E-state index in [4.69, 9.17) is 9.47 Å². The molecule has 0 spiro atoms. The largest absolute Gasteiger partial charge is 0.426 e. The molecule has 2 aromatic carbocycles. The maximum absolute atomic E-state index is 14.5. The van der Waals surface area contributed by atoms with Crippen molar-refractivity contribution in [2.24, 2.45) is 5.92 Å². The zero-order valence-corrected chi connectivity index (χ0v) is 19.0. The Kier molecular flexibility index (Phi) is 9.66. The van der Waals surface area contributed by atoms with E-state index in [9.17, 15) is 13.6 Å². The van der Waals surface area contributed by atoms with Crippen LogP contribution in [0.2, 0.25) is 0 Å². The highest BCUT2D eigenvalue weighted by Gasteiger charge is 2.28. The van der Waals surface area contributed by atoms with Crippen molar-refractivity contribution in [2.75, 3.05) is 6.61 Å². The number of hydrogen-bond donors (Lipinski definition) is 0. The number of unbranched alkanes of at least 4 members (excludes halogenated alkanes) is 5. The van der Waals surface area contributed by atoms with Gasteiger partial charge in [0.15, 0.2) is 0 Å². The first kappa shape index (κ1) is 24.4. The lowest BCUT2D eigenvalue weighted by molar-refractivity contribution is -0.141. The molecule has 3 nitrogen and oxygen atoms in total. The molecule has 0 heterocycles. The monoisotopic (exact) mass is 444 g/mol. The molecule has 1 fully saturated rings. The smallest absolute Gasteiger partial charge is 0.314 e. The third-order valence-electron chi connectivity index (χ3n) is 6.17. The van der Waals surface area contributed by atoms with Crippen molar-refractivity contribution in [1.82, 2.24) is 0 Å². The van der Waals surface area contributed by atoms with Gasteiger partial charge in [-0.05, 0) is 61.9 Å². The van der Waals surface area contributed by atoms with Crippen LogP contribution in [-0.4, -0.2) is 18.7 Å². The molecule has 0 amide bonds. The number of hydrogen-bond acceptors (Lipinski definition) is 3. The summed E-state index contributed by atoms with van der Waals surface area (Å²) in [5.74, 6) is -1.17. The molecule has 1 saturated carbocycles. The number of rotatable bonds is 11. The van der Waals surface area contributed by atoms with Crippen LogP contribution >= 0.6 is 0 Å². The van der Waals surface area contributed by atoms with Gasteiger partial charge >= 0.3 is 5.97 Å². The highest BCUT2D eigenvalue weighted by molar-refractivity contribution is 5.75. The van der Waals surface area contributed by atoms with E-state index in [2.05, 4.69) is 6.92 Å². The van der Waals surface area contributed by atoms with Crippen LogP contribution in [0.4, 0.5) is 8.78 Å². The van der Waals surface area contributed by atoms with Crippen molar-refractivity contribution >= 4 is 5.97 Å². The maximum atomic E-state index is 14.5. The first-order valence-electron chi connectivity index (χ1n) is 12.0. The number of benzene rings is 2. The van der Waals surface area contributed by atoms with Crippen molar-refractivity contribution in [2.45, 2.75) is 77.2 Å². The van der Waals surface area contributed by atoms with Gasteiger partial charge in [-0.2, -0.15) is 0 Å². The Bertz CT molecular complexity index is 842. The van der Waals surface area contributed by atoms with Gasteiger partial charge in [-0.1, -0.05) is 51.2 Å². The minimum absolute atomic E-state index is 0.177. The van der Waals surface area contributed by atoms with E-state index >= 15 is 0 Å². The molecule has 0 bridgehead atoms. The summed E-state index contributed by atoms with van der Waals surface area (Å²) in [6.45, 7) is 3.02. The molecule has 0 unspecified atom stereocenters. The van der Waals surface area contributed by atoms with Gasteiger partial charge < -0.3 is 9.47 Å². The van der Waals surface area contributed by atoms with Gasteiger partial charge in [0.05, 0.1) is 12.0 Å². The lowest BCUT2D eigenvalue weighted by atomic mass is 9.87. The van der Waals surface area contributed by atoms with Crippen LogP contribution in [0.3, 0.4) is 0 Å². The minimum Gasteiger partial charge on any atom is -0.426 e. The van der Waals surface area contributed by atoms with Crippen LogP contribution in [-0.2, 0) is 9.53 Å². The van der Waals surface area contributed by atoms with E-state index in [-0.39, 0.29) is 29.6 Å². The van der Waals surface area contributed by atoms with Gasteiger partial charge in [-0.3, -0.25) is 4.79 Å². The second-order valence-corrected chi connectivity index (χ2v) is 8.68. The molecule has 1 aliphatic carbocycles. The van der Waals surface area contributed by atoms with E-state index in [0.717, 1.165) is 38.7 Å². The van der Waals surface area contributed by atoms with Crippen LogP contribution in [0.5, 0.6) is 5.75 Å². The number of carbonyl (C=O) groups is 1. The predicted molar refractivity (Wildman–Crippen MR) is 123 cm³/mol. The normalized spacial score (nSPS) is 18.5. The van der Waals surface area contributed by atoms with E-state index in [1.165, 1.54) is 62.4 Å². The van der Waals surface area contributed by atoms with E-state index in [0.29, 0.717) is 11.1 Å². The SMILES string of the molecule is CCCCCCCCO[C@H]1CC[C@H](C(=O)Oc2ccc(-c3ccc(F)cc3)c(F)c2)CC1. The van der Waals surface area contributed by atoms with Gasteiger partial charge in [0.1, 0.15) is 17.4 Å². The second kappa shape index (κ2) is 12.7. The quantitative estimate of drug-likeness (QED) is 0.205. The van der Waals surface area contributed by atoms with Crippen molar-refractivity contribution in [1.29, 1.82) is 0 Å². The Morgan fingerprint density at radius 2 is 1.59 bits per heavy atom. The average Bonchev–Trinajstić information content (AvgIpc) is 2.80. The topological polar surface area (TPSA) is 35.5 Å². The van der Waals surface area contributed by atoms with Crippen LogP contribution in [0, 0.1) is 17.6 Å². The molecule has 2 aromatic rings. The highest BCUT2D eigenvalue weighted by atomic mass is 19.1. The lowest BCUT2D eigenvalue weighted by Gasteiger charge is -2.27. The first-order chi connectivity index (χ1) is 15.6. The van der Waals surface area contributed by atoms with Gasteiger partial charge in [-0.25, -0.2) is 8.78 Å². The molecule has 0 atom stereocenters. The van der Waals surface area contributed by atoms with Crippen LogP contribution in [0.1, 0.15) is 71.1 Å². The molecule has 5 heteroatoms. The van der Waals surface area contributed by atoms with Crippen LogP contribution in [0.15, 0.2) is 42.5 Å². The zero-order chi connectivity index (χ0) is 22.8. The Morgan fingerprint density at radius 1 is 0.906 bits per heavy atom. The van der Waals surface area contributed by atoms with Crippen molar-refractivity contribution < 1.29 is 23.0 Å². The zero-order valence-electron chi connectivity index (χ0n) is 19.0. The third-order valence-corrected chi connectivity index (χ3v) is 6.17. The van der Waals surface area contributed by atoms with Gasteiger partial charge in [-0.15, -0.1) is 0 Å². The van der Waals surface area contributed by atoms with Gasteiger partial charge in [0, 0.05) is 18.2 Å². The van der Waals surface area contributed by atoms with Crippen molar-refractivity contribution in [3.05, 3.63) is 54.1 Å². The number of halogens is 2. The Balaban J connectivity index is 1.40. The fraction of sp³-hybridized carbons (Fsp3) is 0.519. The fourth-order valence-corrected chi connectivity index (χ4v) is 4.22. The first-order valence-corrected chi connectivity index (χ1v) is 12.0. The molecule has 3 rings (SSSR count). The molecule has 0 N–H and O–H groups in total. The summed E-state index contributed by atoms with van der Waals surface area (Å²) >= 11 is 0. The number of ether oxygens (including phenoxy) is 2.